The molecule has 188 valence electrons. The summed E-state index contributed by atoms with van der Waals surface area (Å²) in [5, 5.41) is 0.606. The van der Waals surface area contributed by atoms with Gasteiger partial charge in [0.25, 0.3) is 5.91 Å². The Bertz CT molecular complexity index is 1230. The minimum absolute atomic E-state index is 0.109. The molecule has 2 heterocycles. The maximum absolute atomic E-state index is 13.4. The van der Waals surface area contributed by atoms with Gasteiger partial charge in [-0.2, -0.15) is 0 Å². The standard InChI is InChI=1S/C22H31N3O6S3/c1-16(2)15-31-12-7-17-5-6-18(33(3,27)28)13-19(17)21(26)24-8-10-25(11-9-24)22-23-14-20(32-22)34(4,29)30/h5-6,13-14,16H,7-12,15H2,1-4H3. The van der Waals surface area contributed by atoms with E-state index in [-0.39, 0.29) is 15.0 Å². The topological polar surface area (TPSA) is 114 Å². The lowest BCUT2D eigenvalue weighted by molar-refractivity contribution is 0.0743. The van der Waals surface area contributed by atoms with Crippen LogP contribution in [0.25, 0.3) is 0 Å². The summed E-state index contributed by atoms with van der Waals surface area (Å²) in [6.07, 6.45) is 4.14. The van der Waals surface area contributed by atoms with Crippen LogP contribution < -0.4 is 4.90 Å². The maximum atomic E-state index is 13.4. The molecule has 9 nitrogen and oxygen atoms in total. The van der Waals surface area contributed by atoms with Crippen molar-refractivity contribution in [2.45, 2.75) is 29.4 Å². The van der Waals surface area contributed by atoms with Gasteiger partial charge in [-0.1, -0.05) is 31.3 Å². The van der Waals surface area contributed by atoms with Crippen molar-refractivity contribution in [3.05, 3.63) is 35.5 Å². The smallest absolute Gasteiger partial charge is 0.254 e. The van der Waals surface area contributed by atoms with Gasteiger partial charge in [-0.3, -0.25) is 4.79 Å². The van der Waals surface area contributed by atoms with E-state index in [4.69, 9.17) is 4.74 Å². The molecule has 34 heavy (non-hydrogen) atoms. The number of thiazole rings is 1. The molecule has 1 aromatic heterocycles. The first kappa shape index (κ1) is 26.6. The van der Waals surface area contributed by atoms with Crippen molar-refractivity contribution < 1.29 is 26.4 Å². The highest BCUT2D eigenvalue weighted by Gasteiger charge is 2.27. The van der Waals surface area contributed by atoms with Gasteiger partial charge in [-0.05, 0) is 30.0 Å². The van der Waals surface area contributed by atoms with E-state index in [0.717, 1.165) is 29.4 Å². The number of rotatable bonds is 9. The van der Waals surface area contributed by atoms with Gasteiger partial charge < -0.3 is 14.5 Å². The molecular formula is C22H31N3O6S3. The summed E-state index contributed by atoms with van der Waals surface area (Å²) in [4.78, 5) is 21.4. The Kier molecular flexibility index (Phi) is 8.38. The van der Waals surface area contributed by atoms with E-state index in [1.165, 1.54) is 18.3 Å². The zero-order chi connectivity index (χ0) is 25.1. The Labute approximate surface area is 205 Å². The van der Waals surface area contributed by atoms with E-state index < -0.39 is 19.7 Å². The van der Waals surface area contributed by atoms with Crippen LogP contribution in [0.1, 0.15) is 29.8 Å². The zero-order valence-corrected chi connectivity index (χ0v) is 22.3. The minimum atomic E-state index is -3.46. The van der Waals surface area contributed by atoms with E-state index in [1.807, 2.05) is 4.90 Å². The quantitative estimate of drug-likeness (QED) is 0.454. The van der Waals surface area contributed by atoms with Gasteiger partial charge in [-0.25, -0.2) is 21.8 Å². The number of ether oxygens (including phenoxy) is 1. The van der Waals surface area contributed by atoms with Gasteiger partial charge in [0.1, 0.15) is 4.21 Å². The fourth-order valence-corrected chi connectivity index (χ4v) is 5.97. The molecule has 1 saturated heterocycles. The van der Waals surface area contributed by atoms with Crippen molar-refractivity contribution in [3.8, 4) is 0 Å². The van der Waals surface area contributed by atoms with Gasteiger partial charge in [0.05, 0.1) is 17.7 Å². The summed E-state index contributed by atoms with van der Waals surface area (Å²) in [5.74, 6) is 0.177. The lowest BCUT2D eigenvalue weighted by atomic mass is 10.0. The fraction of sp³-hybridized carbons (Fsp3) is 0.545. The number of hydrogen-bond donors (Lipinski definition) is 0. The van der Waals surface area contributed by atoms with E-state index >= 15 is 0 Å². The van der Waals surface area contributed by atoms with Gasteiger partial charge in [0.2, 0.25) is 0 Å². The first-order chi connectivity index (χ1) is 15.9. The van der Waals surface area contributed by atoms with Crippen LogP contribution in [0.4, 0.5) is 5.13 Å². The molecular weight excluding hydrogens is 498 g/mol. The van der Waals surface area contributed by atoms with Crippen LogP contribution in [0.2, 0.25) is 0 Å². The zero-order valence-electron chi connectivity index (χ0n) is 19.9. The molecule has 0 aliphatic carbocycles. The highest BCUT2D eigenvalue weighted by atomic mass is 32.2. The normalized spacial score (nSPS) is 15.2. The molecule has 0 spiro atoms. The Morgan fingerprint density at radius 3 is 2.32 bits per heavy atom. The number of benzene rings is 1. The van der Waals surface area contributed by atoms with Gasteiger partial charge in [0, 0.05) is 50.9 Å². The average molecular weight is 530 g/mol. The molecule has 0 atom stereocenters. The Morgan fingerprint density at radius 2 is 1.76 bits per heavy atom. The molecule has 0 radical (unpaired) electrons. The van der Waals surface area contributed by atoms with E-state index in [2.05, 4.69) is 18.8 Å². The molecule has 0 N–H and O–H groups in total. The number of nitrogens with zero attached hydrogens (tertiary/aromatic N) is 3. The largest absolute Gasteiger partial charge is 0.381 e. The molecule has 0 unspecified atom stereocenters. The number of carbonyl (C=O) groups is 1. The molecule has 0 bridgehead atoms. The number of piperazine rings is 1. The van der Waals surface area contributed by atoms with Gasteiger partial charge >= 0.3 is 0 Å². The molecule has 2 aromatic rings. The van der Waals surface area contributed by atoms with Crippen LogP contribution in [0, 0.1) is 5.92 Å². The lowest BCUT2D eigenvalue weighted by Crippen LogP contribution is -2.49. The third kappa shape index (κ3) is 6.77. The van der Waals surface area contributed by atoms with Crippen LogP contribution >= 0.6 is 11.3 Å². The highest BCUT2D eigenvalue weighted by molar-refractivity contribution is 7.92. The summed E-state index contributed by atoms with van der Waals surface area (Å²) in [7, 11) is -6.77. The first-order valence-corrected chi connectivity index (χ1v) is 15.6. The molecule has 1 aromatic carbocycles. The first-order valence-electron chi connectivity index (χ1n) is 11.0. The third-order valence-electron chi connectivity index (χ3n) is 5.38. The molecule has 1 fully saturated rings. The predicted octanol–water partition coefficient (Wildman–Crippen LogP) is 2.13. The summed E-state index contributed by atoms with van der Waals surface area (Å²) in [6, 6.07) is 4.69. The number of hydrogen-bond acceptors (Lipinski definition) is 9. The molecule has 0 saturated carbocycles. The van der Waals surface area contributed by atoms with Crippen molar-refractivity contribution in [3.63, 3.8) is 0 Å². The van der Waals surface area contributed by atoms with Crippen LogP contribution in [0.3, 0.4) is 0 Å². The van der Waals surface area contributed by atoms with Gasteiger partial charge in [0.15, 0.2) is 24.8 Å². The van der Waals surface area contributed by atoms with Crippen LogP contribution in [-0.2, 0) is 30.8 Å². The van der Waals surface area contributed by atoms with Crippen molar-refractivity contribution in [2.75, 3.05) is 56.8 Å². The van der Waals surface area contributed by atoms with Crippen molar-refractivity contribution >= 4 is 42.1 Å². The molecule has 1 amide bonds. The van der Waals surface area contributed by atoms with E-state index in [0.29, 0.717) is 62.4 Å². The highest BCUT2D eigenvalue weighted by Crippen LogP contribution is 2.27. The number of carbonyl (C=O) groups excluding carboxylic acids is 1. The third-order valence-corrected chi connectivity index (χ3v) is 9.34. The predicted molar refractivity (Wildman–Crippen MR) is 132 cm³/mol. The second-order valence-electron chi connectivity index (χ2n) is 8.82. The minimum Gasteiger partial charge on any atom is -0.381 e. The van der Waals surface area contributed by atoms with Crippen molar-refractivity contribution in [1.82, 2.24) is 9.88 Å². The van der Waals surface area contributed by atoms with Gasteiger partial charge in [-0.15, -0.1) is 0 Å². The van der Waals surface area contributed by atoms with Crippen molar-refractivity contribution in [1.29, 1.82) is 0 Å². The van der Waals surface area contributed by atoms with Crippen LogP contribution in [0.15, 0.2) is 33.5 Å². The molecule has 3 rings (SSSR count). The summed E-state index contributed by atoms with van der Waals surface area (Å²) < 4.78 is 53.5. The summed E-state index contributed by atoms with van der Waals surface area (Å²) >= 11 is 1.12. The van der Waals surface area contributed by atoms with Crippen molar-refractivity contribution in [2.24, 2.45) is 5.92 Å². The second-order valence-corrected chi connectivity index (χ2v) is 14.1. The van der Waals surface area contributed by atoms with Crippen LogP contribution in [0.5, 0.6) is 0 Å². The Hall–Kier alpha value is -2.02. The van der Waals surface area contributed by atoms with E-state index in [9.17, 15) is 21.6 Å². The SMILES string of the molecule is CC(C)COCCc1ccc(S(C)(=O)=O)cc1C(=O)N1CCN(c2ncc(S(C)(=O)=O)s2)CC1. The number of sulfone groups is 2. The van der Waals surface area contributed by atoms with E-state index in [1.54, 1.807) is 11.0 Å². The maximum Gasteiger partial charge on any atom is 0.254 e. The number of amides is 1. The second kappa shape index (κ2) is 10.7. The summed E-state index contributed by atoms with van der Waals surface area (Å²) in [6.45, 7) is 7.01. The number of anilines is 1. The lowest BCUT2D eigenvalue weighted by Gasteiger charge is -2.35. The fourth-order valence-electron chi connectivity index (χ4n) is 3.54. The Balaban J connectivity index is 1.74. The molecule has 12 heteroatoms. The monoisotopic (exact) mass is 529 g/mol. The average Bonchev–Trinajstić information content (AvgIpc) is 3.26. The summed E-state index contributed by atoms with van der Waals surface area (Å²) in [5.41, 5.74) is 1.12. The Morgan fingerprint density at radius 1 is 1.09 bits per heavy atom. The molecule has 1 aliphatic rings. The molecule has 1 aliphatic heterocycles. The van der Waals surface area contributed by atoms with Crippen LogP contribution in [-0.4, -0.2) is 84.5 Å². The number of aromatic nitrogens is 1.